The summed E-state index contributed by atoms with van der Waals surface area (Å²) in [6.07, 6.45) is 2.29. The molecule has 1 aromatic heterocycles. The van der Waals surface area contributed by atoms with Gasteiger partial charge in [0.05, 0.1) is 5.54 Å². The fraction of sp³-hybridized carbons (Fsp3) is 0.263. The second kappa shape index (κ2) is 6.46. The summed E-state index contributed by atoms with van der Waals surface area (Å²) in [6.45, 7) is 2.37. The molecule has 2 atom stereocenters. The smallest absolute Gasteiger partial charge is 0.328 e. The Morgan fingerprint density at radius 1 is 1.16 bits per heavy atom. The summed E-state index contributed by atoms with van der Waals surface area (Å²) in [5.74, 6) is -2.51. The average Bonchev–Trinajstić information content (AvgIpc) is 3.10. The van der Waals surface area contributed by atoms with Crippen LogP contribution < -0.4 is 0 Å². The number of likely N-dealkylation sites (N-methyl/N-ethyl adjacent to an activating group) is 1. The van der Waals surface area contributed by atoms with Gasteiger partial charge in [0.15, 0.2) is 0 Å². The predicted octanol–water partition coefficient (Wildman–Crippen LogP) is 3.27. The lowest BCUT2D eigenvalue weighted by Crippen LogP contribution is -2.42. The molecule has 0 fully saturated rings. The Hall–Kier alpha value is -2.44. The minimum absolute atomic E-state index is 0.0921. The lowest BCUT2D eigenvalue weighted by molar-refractivity contribution is -0.134. The van der Waals surface area contributed by atoms with E-state index in [9.17, 15) is 9.59 Å². The van der Waals surface area contributed by atoms with Crippen molar-refractivity contribution in [3.63, 3.8) is 0 Å². The van der Waals surface area contributed by atoms with Crippen molar-refractivity contribution in [2.45, 2.75) is 24.9 Å². The molecule has 0 saturated heterocycles. The lowest BCUT2D eigenvalue weighted by Gasteiger charge is -2.40. The van der Waals surface area contributed by atoms with E-state index in [1.165, 1.54) is 23.1 Å². The number of benzene rings is 1. The molecule has 0 saturated carbocycles. The summed E-state index contributed by atoms with van der Waals surface area (Å²) in [5, 5.41) is 17.9. The maximum atomic E-state index is 9.55. The molecular formula is C19H19NO4S. The van der Waals surface area contributed by atoms with E-state index in [4.69, 9.17) is 10.2 Å². The summed E-state index contributed by atoms with van der Waals surface area (Å²) < 4.78 is 0. The third kappa shape index (κ3) is 2.88. The molecule has 4 rings (SSSR count). The van der Waals surface area contributed by atoms with Crippen molar-refractivity contribution in [1.29, 1.82) is 0 Å². The zero-order valence-corrected chi connectivity index (χ0v) is 14.8. The highest BCUT2D eigenvalue weighted by atomic mass is 32.1. The summed E-state index contributed by atoms with van der Waals surface area (Å²) in [6, 6.07) is 11.8. The van der Waals surface area contributed by atoms with E-state index in [-0.39, 0.29) is 5.54 Å². The summed E-state index contributed by atoms with van der Waals surface area (Å²) >= 11 is 1.92. The third-order valence-electron chi connectivity index (χ3n) is 5.03. The molecule has 2 aliphatic rings. The number of aliphatic carboxylic acids is 2. The third-order valence-corrected chi connectivity index (χ3v) is 5.98. The van der Waals surface area contributed by atoms with Crippen LogP contribution in [-0.2, 0) is 21.5 Å². The second-order valence-electron chi connectivity index (χ2n) is 6.26. The van der Waals surface area contributed by atoms with Gasteiger partial charge in [-0.1, -0.05) is 24.3 Å². The molecule has 3 heterocycles. The Balaban J connectivity index is 0.000000197. The highest BCUT2D eigenvalue weighted by Gasteiger charge is 2.50. The zero-order valence-electron chi connectivity index (χ0n) is 14.0. The molecule has 0 amide bonds. The van der Waals surface area contributed by atoms with Crippen molar-refractivity contribution in [3.05, 3.63) is 69.4 Å². The van der Waals surface area contributed by atoms with E-state index in [2.05, 4.69) is 54.6 Å². The van der Waals surface area contributed by atoms with Crippen molar-refractivity contribution in [2.24, 2.45) is 0 Å². The minimum atomic E-state index is -1.26. The van der Waals surface area contributed by atoms with Crippen molar-refractivity contribution in [2.75, 3.05) is 7.05 Å². The SMILES string of the molecule is CN1C2Cc3sccc3C1(C)c1ccccc12.O=C(O)/C=C/C(=O)O. The molecule has 25 heavy (non-hydrogen) atoms. The van der Waals surface area contributed by atoms with Gasteiger partial charge in [-0.3, -0.25) is 4.90 Å². The molecule has 6 heteroatoms. The van der Waals surface area contributed by atoms with Crippen LogP contribution >= 0.6 is 11.3 Å². The van der Waals surface area contributed by atoms with Crippen LogP contribution in [0.3, 0.4) is 0 Å². The predicted molar refractivity (Wildman–Crippen MR) is 95.8 cm³/mol. The number of fused-ring (bicyclic) bond motifs is 7. The van der Waals surface area contributed by atoms with Crippen LogP contribution in [0.15, 0.2) is 47.9 Å². The maximum Gasteiger partial charge on any atom is 0.328 e. The van der Waals surface area contributed by atoms with Crippen LogP contribution in [0.2, 0.25) is 0 Å². The Morgan fingerprint density at radius 3 is 2.44 bits per heavy atom. The van der Waals surface area contributed by atoms with Crippen LogP contribution in [-0.4, -0.2) is 34.1 Å². The zero-order chi connectivity index (χ0) is 18.2. The molecular weight excluding hydrogens is 338 g/mol. The summed E-state index contributed by atoms with van der Waals surface area (Å²) in [5.41, 5.74) is 4.64. The van der Waals surface area contributed by atoms with Crippen LogP contribution in [0.5, 0.6) is 0 Å². The van der Waals surface area contributed by atoms with Crippen molar-refractivity contribution in [1.82, 2.24) is 4.90 Å². The van der Waals surface area contributed by atoms with E-state index < -0.39 is 11.9 Å². The Labute approximate surface area is 149 Å². The van der Waals surface area contributed by atoms with Crippen LogP contribution in [0.1, 0.15) is 34.5 Å². The highest BCUT2D eigenvalue weighted by Crippen LogP contribution is 2.55. The second-order valence-corrected chi connectivity index (χ2v) is 7.26. The van der Waals surface area contributed by atoms with Crippen LogP contribution in [0.25, 0.3) is 0 Å². The molecule has 2 aliphatic heterocycles. The Kier molecular flexibility index (Phi) is 4.49. The summed E-state index contributed by atoms with van der Waals surface area (Å²) in [4.78, 5) is 23.2. The first-order chi connectivity index (χ1) is 11.9. The number of thiophene rings is 1. The molecule has 2 bridgehead atoms. The first-order valence-corrected chi connectivity index (χ1v) is 8.76. The average molecular weight is 357 g/mol. The minimum Gasteiger partial charge on any atom is -0.478 e. The van der Waals surface area contributed by atoms with Crippen LogP contribution in [0.4, 0.5) is 0 Å². The fourth-order valence-electron chi connectivity index (χ4n) is 3.77. The van der Waals surface area contributed by atoms with Gasteiger partial charge in [-0.05, 0) is 42.1 Å². The molecule has 5 nitrogen and oxygen atoms in total. The van der Waals surface area contributed by atoms with E-state index in [0.29, 0.717) is 18.2 Å². The van der Waals surface area contributed by atoms with Gasteiger partial charge in [0, 0.05) is 29.5 Å². The molecule has 0 aliphatic carbocycles. The van der Waals surface area contributed by atoms with Crippen molar-refractivity contribution < 1.29 is 19.8 Å². The number of rotatable bonds is 2. The first kappa shape index (κ1) is 17.4. The van der Waals surface area contributed by atoms with E-state index in [1.807, 2.05) is 11.3 Å². The first-order valence-electron chi connectivity index (χ1n) is 7.88. The van der Waals surface area contributed by atoms with Gasteiger partial charge in [-0.2, -0.15) is 0 Å². The number of nitrogens with zero attached hydrogens (tertiary/aromatic N) is 1. The van der Waals surface area contributed by atoms with E-state index in [0.717, 1.165) is 0 Å². The topological polar surface area (TPSA) is 77.8 Å². The number of hydrogen-bond acceptors (Lipinski definition) is 4. The highest BCUT2D eigenvalue weighted by molar-refractivity contribution is 7.10. The fourth-order valence-corrected chi connectivity index (χ4v) is 4.79. The van der Waals surface area contributed by atoms with Crippen LogP contribution in [0, 0.1) is 0 Å². The molecule has 1 aromatic carbocycles. The quantitative estimate of drug-likeness (QED) is 0.807. The van der Waals surface area contributed by atoms with Crippen molar-refractivity contribution >= 4 is 23.3 Å². The molecule has 0 radical (unpaired) electrons. The number of hydrogen-bond donors (Lipinski definition) is 2. The Morgan fingerprint density at radius 2 is 1.80 bits per heavy atom. The van der Waals surface area contributed by atoms with E-state index in [1.54, 1.807) is 4.88 Å². The lowest BCUT2D eigenvalue weighted by atomic mass is 9.84. The van der Waals surface area contributed by atoms with Gasteiger partial charge in [-0.15, -0.1) is 11.3 Å². The molecule has 0 spiro atoms. The van der Waals surface area contributed by atoms with Gasteiger partial charge in [0.25, 0.3) is 0 Å². The summed E-state index contributed by atoms with van der Waals surface area (Å²) in [7, 11) is 2.27. The van der Waals surface area contributed by atoms with Gasteiger partial charge >= 0.3 is 11.9 Å². The Bertz CT molecular complexity index is 841. The largest absolute Gasteiger partial charge is 0.478 e. The maximum absolute atomic E-state index is 9.55. The van der Waals surface area contributed by atoms with Gasteiger partial charge in [0.1, 0.15) is 0 Å². The molecule has 130 valence electrons. The molecule has 2 unspecified atom stereocenters. The van der Waals surface area contributed by atoms with Gasteiger partial charge in [0.2, 0.25) is 0 Å². The van der Waals surface area contributed by atoms with Gasteiger partial charge in [-0.25, -0.2) is 9.59 Å². The monoisotopic (exact) mass is 357 g/mol. The molecule has 2 aromatic rings. The normalized spacial score (nSPS) is 23.5. The van der Waals surface area contributed by atoms with E-state index >= 15 is 0 Å². The van der Waals surface area contributed by atoms with Crippen molar-refractivity contribution in [3.8, 4) is 0 Å². The number of carbonyl (C=O) groups is 2. The standard InChI is InChI=1S/C15H15NS.C4H4O4/c1-15-11-6-4-3-5-10(11)13(16(15)2)9-14-12(15)7-8-17-14;5-3(6)1-2-4(7)8/h3-8,13H,9H2,1-2H3;1-2H,(H,5,6)(H,7,8)/b;2-1+. The number of carboxylic acids is 2. The van der Waals surface area contributed by atoms with Gasteiger partial charge < -0.3 is 10.2 Å². The molecule has 2 N–H and O–H groups in total. The number of carboxylic acid groups (broad SMARTS) is 2.